The molecule has 0 heterocycles. The van der Waals surface area contributed by atoms with E-state index in [2.05, 4.69) is 0 Å². The molecule has 0 saturated carbocycles. The van der Waals surface area contributed by atoms with E-state index < -0.39 is 14.6 Å². The first-order chi connectivity index (χ1) is 6.97. The van der Waals surface area contributed by atoms with Crippen LogP contribution >= 0.6 is 8.60 Å². The Kier molecular flexibility index (Phi) is 11.5. The number of aryl methyl sites for hydroxylation is 1. The first-order valence-corrected chi connectivity index (χ1v) is 5.36. The van der Waals surface area contributed by atoms with Crippen molar-refractivity contribution < 1.29 is 51.9 Å². The Labute approximate surface area is 115 Å². The summed E-state index contributed by atoms with van der Waals surface area (Å²) in [6.45, 7) is 2.04. The van der Waals surface area contributed by atoms with Crippen molar-refractivity contribution in [3.63, 3.8) is 0 Å². The molecule has 1 aromatic rings. The second-order valence-electron chi connectivity index (χ2n) is 2.62. The fraction of sp³-hybridized carbons (Fsp3) is 0.222. The molecule has 1 rings (SSSR count). The summed E-state index contributed by atoms with van der Waals surface area (Å²) >= 11 is 0. The normalized spacial score (nSPS) is 8.81. The number of hydrogen-bond donors (Lipinski definition) is 4. The molecule has 7 heteroatoms. The third kappa shape index (κ3) is 9.17. The Morgan fingerprint density at radius 2 is 1.56 bits per heavy atom. The van der Waals surface area contributed by atoms with Gasteiger partial charge in [0.05, 0.1) is 5.56 Å². The molecule has 0 spiro atoms. The predicted octanol–water partition coefficient (Wildman–Crippen LogP) is 1.13. The first kappa shape index (κ1) is 18.3. The standard InChI is InChI=1S/C9H10O2.Cd.H3O3P/c1-2-7-3-5-8(6-4-7)9(10)11;;1-4(2)3/h3-6H,2H2,1H3,(H,10,11);;1-3H. The zero-order valence-electron chi connectivity index (χ0n) is 8.87. The van der Waals surface area contributed by atoms with Gasteiger partial charge in [0.15, 0.2) is 0 Å². The molecule has 0 atom stereocenters. The second-order valence-corrected chi connectivity index (χ2v) is 3.16. The van der Waals surface area contributed by atoms with Crippen molar-refractivity contribution in [3.05, 3.63) is 35.4 Å². The molecule has 0 aliphatic rings. The van der Waals surface area contributed by atoms with Gasteiger partial charge in [0, 0.05) is 27.3 Å². The van der Waals surface area contributed by atoms with Gasteiger partial charge in [-0.3, -0.25) is 0 Å². The van der Waals surface area contributed by atoms with Gasteiger partial charge in [0.2, 0.25) is 0 Å². The van der Waals surface area contributed by atoms with E-state index in [4.69, 9.17) is 19.8 Å². The van der Waals surface area contributed by atoms with Crippen molar-refractivity contribution >= 4 is 14.6 Å². The van der Waals surface area contributed by atoms with E-state index in [-0.39, 0.29) is 27.3 Å². The Hall–Kier alpha value is -0.0779. The van der Waals surface area contributed by atoms with Crippen LogP contribution in [-0.2, 0) is 33.7 Å². The van der Waals surface area contributed by atoms with Crippen molar-refractivity contribution in [2.24, 2.45) is 0 Å². The van der Waals surface area contributed by atoms with Gasteiger partial charge >= 0.3 is 14.6 Å². The first-order valence-electron chi connectivity index (χ1n) is 4.16. The van der Waals surface area contributed by atoms with Gasteiger partial charge in [-0.05, 0) is 24.1 Å². The van der Waals surface area contributed by atoms with Crippen LogP contribution in [0.25, 0.3) is 0 Å². The van der Waals surface area contributed by atoms with E-state index in [1.165, 1.54) is 0 Å². The maximum atomic E-state index is 10.4. The largest absolute Gasteiger partial charge is 0.478 e. The zero-order valence-corrected chi connectivity index (χ0v) is 13.8. The number of carboxylic acid groups (broad SMARTS) is 1. The number of carbonyl (C=O) groups is 1. The molecule has 5 nitrogen and oxygen atoms in total. The van der Waals surface area contributed by atoms with Crippen LogP contribution in [0.15, 0.2) is 24.3 Å². The molecular weight excluding hydrogens is 331 g/mol. The summed E-state index contributed by atoms with van der Waals surface area (Å²) in [6.07, 6.45) is 0.944. The fourth-order valence-corrected chi connectivity index (χ4v) is 0.883. The summed E-state index contributed by atoms with van der Waals surface area (Å²) in [7, 11) is -2.62. The van der Waals surface area contributed by atoms with Crippen LogP contribution in [0.1, 0.15) is 22.8 Å². The van der Waals surface area contributed by atoms with E-state index >= 15 is 0 Å². The van der Waals surface area contributed by atoms with Crippen molar-refractivity contribution in [1.29, 1.82) is 0 Å². The Bertz CT molecular complexity index is 299. The second kappa shape index (κ2) is 10.1. The van der Waals surface area contributed by atoms with Gasteiger partial charge in [-0.1, -0.05) is 19.1 Å². The minimum atomic E-state index is -2.62. The van der Waals surface area contributed by atoms with Crippen molar-refractivity contribution in [2.45, 2.75) is 13.3 Å². The van der Waals surface area contributed by atoms with E-state index in [0.29, 0.717) is 5.56 Å². The van der Waals surface area contributed by atoms with E-state index in [1.807, 2.05) is 19.1 Å². The average Bonchev–Trinajstić information content (AvgIpc) is 2.17. The van der Waals surface area contributed by atoms with Crippen LogP contribution in [0.5, 0.6) is 0 Å². The van der Waals surface area contributed by atoms with Crippen LogP contribution in [0.2, 0.25) is 0 Å². The molecule has 1 aromatic carbocycles. The molecule has 86 valence electrons. The number of carboxylic acids is 1. The van der Waals surface area contributed by atoms with Gasteiger partial charge < -0.3 is 19.8 Å². The van der Waals surface area contributed by atoms with Gasteiger partial charge in [-0.25, -0.2) is 4.79 Å². The predicted molar refractivity (Wildman–Crippen MR) is 56.4 cm³/mol. The summed E-state index contributed by atoms with van der Waals surface area (Å²) in [6, 6.07) is 6.93. The smallest absolute Gasteiger partial charge is 0.335 e. The third-order valence-corrected chi connectivity index (χ3v) is 1.61. The Balaban J connectivity index is 0. The molecular formula is C9H13CdO5P. The Morgan fingerprint density at radius 1 is 1.19 bits per heavy atom. The molecule has 4 N–H and O–H groups in total. The third-order valence-electron chi connectivity index (χ3n) is 1.61. The molecule has 0 fully saturated rings. The topological polar surface area (TPSA) is 98.0 Å². The molecule has 0 aliphatic carbocycles. The van der Waals surface area contributed by atoms with Crippen molar-refractivity contribution in [3.8, 4) is 0 Å². The van der Waals surface area contributed by atoms with Crippen molar-refractivity contribution in [1.82, 2.24) is 0 Å². The van der Waals surface area contributed by atoms with Crippen LogP contribution in [0.3, 0.4) is 0 Å². The summed E-state index contributed by atoms with van der Waals surface area (Å²) in [5.41, 5.74) is 1.51. The SMILES string of the molecule is CCc1ccc(C(=O)O)cc1.OP(O)O.[Cd]. The summed E-state index contributed by atoms with van der Waals surface area (Å²) in [5, 5.41) is 8.55. The van der Waals surface area contributed by atoms with Gasteiger partial charge in [-0.15, -0.1) is 0 Å². The molecule has 0 saturated heterocycles. The number of rotatable bonds is 2. The van der Waals surface area contributed by atoms with Gasteiger partial charge in [0.25, 0.3) is 0 Å². The summed E-state index contributed by atoms with van der Waals surface area (Å²) < 4.78 is 0. The van der Waals surface area contributed by atoms with E-state index in [9.17, 15) is 4.79 Å². The summed E-state index contributed by atoms with van der Waals surface area (Å²) in [4.78, 5) is 32.1. The minimum Gasteiger partial charge on any atom is -0.478 e. The average molecular weight is 345 g/mol. The molecule has 0 radical (unpaired) electrons. The summed E-state index contributed by atoms with van der Waals surface area (Å²) in [5.74, 6) is -0.868. The molecule has 0 amide bonds. The monoisotopic (exact) mass is 346 g/mol. The van der Waals surface area contributed by atoms with Crippen LogP contribution < -0.4 is 0 Å². The van der Waals surface area contributed by atoms with Crippen LogP contribution in [-0.4, -0.2) is 25.8 Å². The van der Waals surface area contributed by atoms with Crippen LogP contribution in [0.4, 0.5) is 0 Å². The molecule has 0 bridgehead atoms. The Morgan fingerprint density at radius 3 is 1.81 bits per heavy atom. The minimum absolute atomic E-state index is 0. The fourth-order valence-electron chi connectivity index (χ4n) is 0.883. The van der Waals surface area contributed by atoms with Gasteiger partial charge in [-0.2, -0.15) is 0 Å². The number of aromatic carboxylic acids is 1. The van der Waals surface area contributed by atoms with Gasteiger partial charge in [0.1, 0.15) is 0 Å². The maximum absolute atomic E-state index is 10.4. The molecule has 0 aliphatic heterocycles. The quantitative estimate of drug-likeness (QED) is 0.476. The number of hydrogen-bond acceptors (Lipinski definition) is 4. The molecule has 16 heavy (non-hydrogen) atoms. The maximum Gasteiger partial charge on any atom is 0.335 e. The van der Waals surface area contributed by atoms with E-state index in [0.717, 1.165) is 12.0 Å². The molecule has 0 unspecified atom stereocenters. The molecule has 0 aromatic heterocycles. The zero-order chi connectivity index (χ0) is 11.8. The number of benzene rings is 1. The van der Waals surface area contributed by atoms with Crippen LogP contribution in [0, 0.1) is 0 Å². The van der Waals surface area contributed by atoms with E-state index in [1.54, 1.807) is 12.1 Å². The van der Waals surface area contributed by atoms with Crippen molar-refractivity contribution in [2.75, 3.05) is 0 Å².